The molecule has 0 aliphatic rings. The van der Waals surface area contributed by atoms with Crippen molar-refractivity contribution in [2.75, 3.05) is 19.0 Å². The fourth-order valence-electron chi connectivity index (χ4n) is 3.67. The van der Waals surface area contributed by atoms with Gasteiger partial charge in [-0.15, -0.1) is 0 Å². The SMILES string of the molecule is CCOC(=O)c1c[nH+]c2ccc(OC)cc2c1NC(c1ccccc1)c1ccccc1. The highest BCUT2D eigenvalue weighted by molar-refractivity contribution is 6.04. The molecule has 4 rings (SSSR count). The van der Waals surface area contributed by atoms with Gasteiger partial charge in [0.1, 0.15) is 11.3 Å². The summed E-state index contributed by atoms with van der Waals surface area (Å²) in [5.74, 6) is 0.326. The standard InChI is InChI=1S/C26H24N2O3/c1-3-31-26(29)22-17-27-23-15-14-20(30-2)16-21(23)25(22)28-24(18-10-6-4-7-11-18)19-12-8-5-9-13-19/h4-17,24H,3H2,1-2H3,(H,27,28)/p+1. The van der Waals surface area contributed by atoms with Crippen molar-refractivity contribution in [1.29, 1.82) is 0 Å². The summed E-state index contributed by atoms with van der Waals surface area (Å²) in [6, 6.07) is 25.9. The number of anilines is 1. The quantitative estimate of drug-likeness (QED) is 0.431. The van der Waals surface area contributed by atoms with Crippen molar-refractivity contribution in [1.82, 2.24) is 0 Å². The Labute approximate surface area is 181 Å². The van der Waals surface area contributed by atoms with Gasteiger partial charge in [0.05, 0.1) is 30.8 Å². The molecule has 0 spiro atoms. The lowest BCUT2D eigenvalue weighted by Crippen LogP contribution is -2.19. The van der Waals surface area contributed by atoms with Crippen LogP contribution in [0.5, 0.6) is 5.75 Å². The number of aromatic nitrogens is 1. The molecule has 0 aliphatic carbocycles. The second-order valence-electron chi connectivity index (χ2n) is 7.11. The maximum absolute atomic E-state index is 12.8. The van der Waals surface area contributed by atoms with E-state index in [2.05, 4.69) is 34.6 Å². The van der Waals surface area contributed by atoms with E-state index in [1.165, 1.54) is 0 Å². The van der Waals surface area contributed by atoms with Gasteiger partial charge >= 0.3 is 5.97 Å². The minimum Gasteiger partial charge on any atom is -0.497 e. The summed E-state index contributed by atoms with van der Waals surface area (Å²) < 4.78 is 10.8. The topological polar surface area (TPSA) is 61.7 Å². The number of pyridine rings is 1. The lowest BCUT2D eigenvalue weighted by Gasteiger charge is -2.23. The second-order valence-corrected chi connectivity index (χ2v) is 7.11. The van der Waals surface area contributed by atoms with Gasteiger partial charge in [-0.2, -0.15) is 0 Å². The van der Waals surface area contributed by atoms with Crippen molar-refractivity contribution in [3.8, 4) is 5.75 Å². The van der Waals surface area contributed by atoms with Gasteiger partial charge < -0.3 is 14.8 Å². The number of esters is 1. The molecule has 156 valence electrons. The van der Waals surface area contributed by atoms with Crippen LogP contribution in [0.4, 0.5) is 5.69 Å². The first kappa shape index (κ1) is 20.4. The van der Waals surface area contributed by atoms with Gasteiger partial charge in [0, 0.05) is 6.07 Å². The molecule has 0 aliphatic heterocycles. The van der Waals surface area contributed by atoms with Crippen LogP contribution in [0.25, 0.3) is 10.9 Å². The Balaban J connectivity index is 1.91. The predicted octanol–water partition coefficient (Wildman–Crippen LogP) is 5.04. The van der Waals surface area contributed by atoms with Crippen molar-refractivity contribution in [3.63, 3.8) is 0 Å². The zero-order valence-electron chi connectivity index (χ0n) is 17.6. The molecule has 5 nitrogen and oxygen atoms in total. The van der Waals surface area contributed by atoms with E-state index in [-0.39, 0.29) is 12.0 Å². The van der Waals surface area contributed by atoms with E-state index in [9.17, 15) is 4.79 Å². The Morgan fingerprint density at radius 3 is 2.19 bits per heavy atom. The van der Waals surface area contributed by atoms with Crippen LogP contribution in [0.3, 0.4) is 0 Å². The lowest BCUT2D eigenvalue weighted by atomic mass is 9.97. The van der Waals surface area contributed by atoms with E-state index in [0.717, 1.165) is 22.0 Å². The van der Waals surface area contributed by atoms with Crippen LogP contribution in [0.15, 0.2) is 85.1 Å². The van der Waals surface area contributed by atoms with Gasteiger partial charge in [0.2, 0.25) is 5.52 Å². The zero-order chi connectivity index (χ0) is 21.6. The molecule has 0 radical (unpaired) electrons. The van der Waals surface area contributed by atoms with E-state index in [0.29, 0.717) is 23.6 Å². The summed E-state index contributed by atoms with van der Waals surface area (Å²) >= 11 is 0. The number of rotatable bonds is 7. The van der Waals surface area contributed by atoms with Crippen molar-refractivity contribution >= 4 is 22.6 Å². The largest absolute Gasteiger partial charge is 0.497 e. The number of aromatic amines is 1. The second kappa shape index (κ2) is 9.30. The minimum absolute atomic E-state index is 0.160. The Morgan fingerprint density at radius 1 is 0.968 bits per heavy atom. The molecule has 0 unspecified atom stereocenters. The van der Waals surface area contributed by atoms with E-state index in [1.54, 1.807) is 20.2 Å². The number of H-pyrrole nitrogens is 1. The molecule has 0 saturated carbocycles. The van der Waals surface area contributed by atoms with Gasteiger partial charge in [0.15, 0.2) is 6.20 Å². The fourth-order valence-corrected chi connectivity index (χ4v) is 3.67. The number of ether oxygens (including phenoxy) is 2. The molecule has 0 amide bonds. The Morgan fingerprint density at radius 2 is 1.61 bits per heavy atom. The summed E-state index contributed by atoms with van der Waals surface area (Å²) in [5, 5.41) is 4.49. The number of hydrogen-bond donors (Lipinski definition) is 1. The third-order valence-corrected chi connectivity index (χ3v) is 5.19. The van der Waals surface area contributed by atoms with Gasteiger partial charge in [0.25, 0.3) is 0 Å². The highest BCUT2D eigenvalue weighted by Crippen LogP contribution is 2.34. The number of carbonyl (C=O) groups excluding carboxylic acids is 1. The van der Waals surface area contributed by atoms with Crippen LogP contribution in [0.2, 0.25) is 0 Å². The zero-order valence-corrected chi connectivity index (χ0v) is 17.6. The summed E-state index contributed by atoms with van der Waals surface area (Å²) in [4.78, 5) is 16.0. The summed E-state index contributed by atoms with van der Waals surface area (Å²) in [7, 11) is 1.63. The number of fused-ring (bicyclic) bond motifs is 1. The number of nitrogens with one attached hydrogen (secondary N) is 2. The molecule has 1 heterocycles. The van der Waals surface area contributed by atoms with Crippen molar-refractivity contribution < 1.29 is 19.3 Å². The molecule has 5 heteroatoms. The Kier molecular flexibility index (Phi) is 6.13. The van der Waals surface area contributed by atoms with Gasteiger partial charge in [-0.05, 0) is 30.2 Å². The molecule has 0 bridgehead atoms. The fraction of sp³-hybridized carbons (Fsp3) is 0.154. The number of carbonyl (C=O) groups is 1. The summed E-state index contributed by atoms with van der Waals surface area (Å²) in [6.07, 6.45) is 1.70. The number of methoxy groups -OCH3 is 1. The van der Waals surface area contributed by atoms with Crippen LogP contribution in [-0.4, -0.2) is 19.7 Å². The van der Waals surface area contributed by atoms with Crippen molar-refractivity contribution in [3.05, 3.63) is 102 Å². The molecule has 2 N–H and O–H groups in total. The van der Waals surface area contributed by atoms with Crippen LogP contribution < -0.4 is 15.0 Å². The first-order chi connectivity index (χ1) is 15.2. The van der Waals surface area contributed by atoms with Crippen LogP contribution >= 0.6 is 0 Å². The van der Waals surface area contributed by atoms with Gasteiger partial charge in [-0.1, -0.05) is 60.7 Å². The molecule has 3 aromatic carbocycles. The number of hydrogen-bond acceptors (Lipinski definition) is 4. The maximum atomic E-state index is 12.8. The van der Waals surface area contributed by atoms with E-state index in [4.69, 9.17) is 9.47 Å². The molecule has 0 atom stereocenters. The molecular weight excluding hydrogens is 388 g/mol. The van der Waals surface area contributed by atoms with E-state index in [1.807, 2.05) is 54.6 Å². The molecule has 0 saturated heterocycles. The third kappa shape index (κ3) is 4.36. The molecular formula is C26H25N2O3+. The molecule has 31 heavy (non-hydrogen) atoms. The Bertz CT molecular complexity index is 1140. The van der Waals surface area contributed by atoms with Crippen molar-refractivity contribution in [2.45, 2.75) is 13.0 Å². The van der Waals surface area contributed by atoms with Crippen molar-refractivity contribution in [2.24, 2.45) is 0 Å². The van der Waals surface area contributed by atoms with Crippen LogP contribution in [0, 0.1) is 0 Å². The molecule has 0 fully saturated rings. The average molecular weight is 413 g/mol. The van der Waals surface area contributed by atoms with E-state index >= 15 is 0 Å². The van der Waals surface area contributed by atoms with Crippen LogP contribution in [-0.2, 0) is 4.74 Å². The van der Waals surface area contributed by atoms with Gasteiger partial charge in [-0.25, -0.2) is 9.78 Å². The predicted molar refractivity (Wildman–Crippen MR) is 121 cm³/mol. The maximum Gasteiger partial charge on any atom is 0.346 e. The normalized spacial score (nSPS) is 10.8. The first-order valence-electron chi connectivity index (χ1n) is 10.3. The summed E-state index contributed by atoms with van der Waals surface area (Å²) in [5.41, 5.74) is 4.21. The monoisotopic (exact) mass is 413 g/mol. The average Bonchev–Trinajstić information content (AvgIpc) is 2.83. The Hall–Kier alpha value is -3.86. The van der Waals surface area contributed by atoms with Gasteiger partial charge in [-0.3, -0.25) is 0 Å². The summed E-state index contributed by atoms with van der Waals surface area (Å²) in [6.45, 7) is 2.10. The molecule has 1 aromatic heterocycles. The third-order valence-electron chi connectivity index (χ3n) is 5.19. The first-order valence-corrected chi connectivity index (χ1v) is 10.3. The number of benzene rings is 3. The molecule has 4 aromatic rings. The van der Waals surface area contributed by atoms with E-state index < -0.39 is 0 Å². The highest BCUT2D eigenvalue weighted by atomic mass is 16.5. The lowest BCUT2D eigenvalue weighted by molar-refractivity contribution is -0.344. The smallest absolute Gasteiger partial charge is 0.346 e. The van der Waals surface area contributed by atoms with Crippen LogP contribution in [0.1, 0.15) is 34.5 Å². The highest BCUT2D eigenvalue weighted by Gasteiger charge is 2.24. The minimum atomic E-state index is -0.383.